The van der Waals surface area contributed by atoms with Crippen molar-refractivity contribution in [2.75, 3.05) is 32.8 Å². The number of hydrogen-bond donors (Lipinski definition) is 1. The van der Waals surface area contributed by atoms with E-state index in [2.05, 4.69) is 15.8 Å². The fourth-order valence-corrected chi connectivity index (χ4v) is 0.832. The maximum atomic E-state index is 8.52. The highest BCUT2D eigenvalue weighted by molar-refractivity contribution is 4.94. The molecule has 1 heterocycles. The van der Waals surface area contributed by atoms with E-state index >= 15 is 0 Å². The van der Waals surface area contributed by atoms with Gasteiger partial charge in [-0.25, -0.2) is 0 Å². The lowest BCUT2D eigenvalue weighted by atomic mass is 10.4. The smallest absolute Gasteiger partial charge is 0.288 e. The van der Waals surface area contributed by atoms with Crippen LogP contribution in [0.4, 0.5) is 0 Å². The van der Waals surface area contributed by atoms with Gasteiger partial charge >= 0.3 is 0 Å². The third-order valence-corrected chi connectivity index (χ3v) is 1.35. The third kappa shape index (κ3) is 2.00. The Morgan fingerprint density at radius 1 is 1.67 bits per heavy atom. The van der Waals surface area contributed by atoms with Gasteiger partial charge in [0.25, 0.3) is 12.6 Å². The minimum absolute atomic E-state index is 0.238. The van der Waals surface area contributed by atoms with Crippen molar-refractivity contribution in [1.82, 2.24) is 4.90 Å². The van der Waals surface area contributed by atoms with Gasteiger partial charge in [0.2, 0.25) is 0 Å². The van der Waals surface area contributed by atoms with Crippen molar-refractivity contribution in [3.63, 3.8) is 0 Å². The molecule has 3 heteroatoms. The Morgan fingerprint density at radius 3 is 3.11 bits per heavy atom. The van der Waals surface area contributed by atoms with Crippen molar-refractivity contribution < 1.29 is 5.11 Å². The van der Waals surface area contributed by atoms with Crippen LogP contribution in [-0.2, 0) is 0 Å². The summed E-state index contributed by atoms with van der Waals surface area (Å²) in [4.78, 5) is 6.05. The summed E-state index contributed by atoms with van der Waals surface area (Å²) in [5.74, 6) is 0. The molecule has 0 amide bonds. The van der Waals surface area contributed by atoms with Crippen LogP contribution in [0.1, 0.15) is 0 Å². The SMILES string of the molecule is OCCN1CC#[N+]CC1. The van der Waals surface area contributed by atoms with Gasteiger partial charge in [0.15, 0.2) is 0 Å². The van der Waals surface area contributed by atoms with Crippen LogP contribution in [0.2, 0.25) is 0 Å². The summed E-state index contributed by atoms with van der Waals surface area (Å²) in [7, 11) is 0. The van der Waals surface area contributed by atoms with Gasteiger partial charge in [-0.3, -0.25) is 4.90 Å². The van der Waals surface area contributed by atoms with Gasteiger partial charge < -0.3 is 5.11 Å². The maximum Gasteiger partial charge on any atom is 0.288 e. The number of hydrogen-bond acceptors (Lipinski definition) is 2. The van der Waals surface area contributed by atoms with E-state index in [1.54, 1.807) is 0 Å². The third-order valence-electron chi connectivity index (χ3n) is 1.35. The summed E-state index contributed by atoms with van der Waals surface area (Å²) < 4.78 is 0. The number of rotatable bonds is 2. The minimum atomic E-state index is 0.238. The molecule has 0 unspecified atom stereocenters. The fourth-order valence-electron chi connectivity index (χ4n) is 0.832. The molecule has 1 aliphatic rings. The van der Waals surface area contributed by atoms with Crippen LogP contribution in [0, 0.1) is 6.07 Å². The molecule has 0 aromatic carbocycles. The lowest BCUT2D eigenvalue weighted by Gasteiger charge is -2.13. The van der Waals surface area contributed by atoms with E-state index < -0.39 is 0 Å². The predicted molar refractivity (Wildman–Crippen MR) is 35.6 cm³/mol. The molecule has 0 aromatic rings. The topological polar surface area (TPSA) is 27.8 Å². The normalized spacial score (nSPS) is 18.8. The second-order valence-electron chi connectivity index (χ2n) is 2.04. The molecule has 0 atom stereocenters. The molecule has 0 aliphatic carbocycles. The minimum Gasteiger partial charge on any atom is -0.395 e. The zero-order valence-electron chi connectivity index (χ0n) is 5.38. The van der Waals surface area contributed by atoms with Crippen LogP contribution in [-0.4, -0.2) is 42.8 Å². The van der Waals surface area contributed by atoms with Crippen molar-refractivity contribution in [1.29, 1.82) is 0 Å². The maximum absolute atomic E-state index is 8.52. The molecular formula is C6H11N2O+. The van der Waals surface area contributed by atoms with E-state index in [0.29, 0.717) is 0 Å². The molecule has 3 nitrogen and oxygen atoms in total. The first-order chi connectivity index (χ1) is 4.43. The van der Waals surface area contributed by atoms with Crippen LogP contribution in [0.25, 0.3) is 4.85 Å². The predicted octanol–water partition coefficient (Wildman–Crippen LogP) is -0.373. The highest BCUT2D eigenvalue weighted by Gasteiger charge is 2.10. The Bertz CT molecular complexity index is 136. The molecule has 0 aromatic heterocycles. The molecular weight excluding hydrogens is 116 g/mol. The van der Waals surface area contributed by atoms with Gasteiger partial charge in [0, 0.05) is 6.54 Å². The highest BCUT2D eigenvalue weighted by atomic mass is 16.3. The molecule has 1 rings (SSSR count). The monoisotopic (exact) mass is 127 g/mol. The van der Waals surface area contributed by atoms with Crippen molar-refractivity contribution in [3.8, 4) is 6.07 Å². The second-order valence-corrected chi connectivity index (χ2v) is 2.04. The molecule has 1 aliphatic heterocycles. The molecule has 9 heavy (non-hydrogen) atoms. The van der Waals surface area contributed by atoms with Crippen LogP contribution >= 0.6 is 0 Å². The van der Waals surface area contributed by atoms with Gasteiger partial charge in [-0.05, 0) is 0 Å². The Kier molecular flexibility index (Phi) is 2.49. The Hall–Kier alpha value is -0.590. The highest BCUT2D eigenvalue weighted by Crippen LogP contribution is 1.91. The lowest BCUT2D eigenvalue weighted by Crippen LogP contribution is -2.31. The van der Waals surface area contributed by atoms with Crippen LogP contribution in [0.5, 0.6) is 0 Å². The van der Waals surface area contributed by atoms with Crippen LogP contribution in [0.3, 0.4) is 0 Å². The van der Waals surface area contributed by atoms with Crippen molar-refractivity contribution in [2.24, 2.45) is 0 Å². The van der Waals surface area contributed by atoms with E-state index in [1.165, 1.54) is 0 Å². The van der Waals surface area contributed by atoms with Crippen LogP contribution < -0.4 is 0 Å². The summed E-state index contributed by atoms with van der Waals surface area (Å²) in [6.45, 7) is 3.57. The van der Waals surface area contributed by atoms with E-state index in [4.69, 9.17) is 5.11 Å². The Balaban J connectivity index is 2.22. The first kappa shape index (κ1) is 6.53. The molecule has 0 saturated heterocycles. The quantitative estimate of drug-likeness (QED) is 0.512. The Labute approximate surface area is 54.7 Å². The van der Waals surface area contributed by atoms with E-state index in [1.807, 2.05) is 0 Å². The van der Waals surface area contributed by atoms with Crippen molar-refractivity contribution in [2.45, 2.75) is 0 Å². The van der Waals surface area contributed by atoms with E-state index in [-0.39, 0.29) is 6.61 Å². The fraction of sp³-hybridized carbons (Fsp3) is 0.833. The second kappa shape index (κ2) is 3.44. The molecule has 0 fully saturated rings. The van der Waals surface area contributed by atoms with Gasteiger partial charge in [-0.1, -0.05) is 4.85 Å². The number of nitrogens with zero attached hydrogens (tertiary/aromatic N) is 2. The van der Waals surface area contributed by atoms with Gasteiger partial charge in [0.05, 0.1) is 13.2 Å². The van der Waals surface area contributed by atoms with Crippen molar-refractivity contribution >= 4 is 0 Å². The zero-order valence-corrected chi connectivity index (χ0v) is 5.38. The summed E-state index contributed by atoms with van der Waals surface area (Å²) in [5.41, 5.74) is 0. The average Bonchev–Trinajstić information content (AvgIpc) is 1.91. The molecule has 0 radical (unpaired) electrons. The molecule has 0 spiro atoms. The van der Waals surface area contributed by atoms with E-state index in [9.17, 15) is 0 Å². The van der Waals surface area contributed by atoms with Gasteiger partial charge in [-0.15, -0.1) is 0 Å². The number of aliphatic hydroxyl groups excluding tert-OH is 1. The molecule has 1 N–H and O–H groups in total. The zero-order chi connectivity index (χ0) is 6.53. The molecule has 0 saturated carbocycles. The summed E-state index contributed by atoms with van der Waals surface area (Å²) in [6.07, 6.45) is 0. The van der Waals surface area contributed by atoms with Gasteiger partial charge in [0.1, 0.15) is 6.54 Å². The molecule has 0 bridgehead atoms. The summed E-state index contributed by atoms with van der Waals surface area (Å²) >= 11 is 0. The lowest BCUT2D eigenvalue weighted by molar-refractivity contribution is 0.213. The number of aliphatic hydroxyl groups is 1. The van der Waals surface area contributed by atoms with Crippen LogP contribution in [0.15, 0.2) is 0 Å². The van der Waals surface area contributed by atoms with Gasteiger partial charge in [-0.2, -0.15) is 0 Å². The average molecular weight is 127 g/mol. The summed E-state index contributed by atoms with van der Waals surface area (Å²) in [5, 5.41) is 8.52. The first-order valence-corrected chi connectivity index (χ1v) is 3.16. The van der Waals surface area contributed by atoms with E-state index in [0.717, 1.165) is 26.2 Å². The standard InChI is InChI=1S/C6H11N2O/c9-6-5-8-3-1-7-2-4-8/h9H,1,3-6H2/q+1. The first-order valence-electron chi connectivity index (χ1n) is 3.16. The largest absolute Gasteiger partial charge is 0.395 e. The van der Waals surface area contributed by atoms with Crippen molar-refractivity contribution in [3.05, 3.63) is 4.85 Å². The summed E-state index contributed by atoms with van der Waals surface area (Å²) in [6, 6.07) is 2.86. The Morgan fingerprint density at radius 2 is 2.56 bits per heavy atom. The molecule has 50 valence electrons. The number of β-amino-alcohol motifs (C(OH)–C–C–N with tert-alkyl or cyclic N) is 1.